The van der Waals surface area contributed by atoms with Gasteiger partial charge in [0.25, 0.3) is 0 Å². The van der Waals surface area contributed by atoms with Gasteiger partial charge in [-0.3, -0.25) is 0 Å². The zero-order valence-corrected chi connectivity index (χ0v) is 9.54. The Hall–Kier alpha value is -1.55. The van der Waals surface area contributed by atoms with E-state index in [-0.39, 0.29) is 0 Å². The van der Waals surface area contributed by atoms with E-state index in [1.54, 1.807) is 0 Å². The van der Waals surface area contributed by atoms with Crippen LogP contribution >= 0.6 is 0 Å². The first-order valence-electron chi connectivity index (χ1n) is 5.10. The molecule has 0 aromatic heterocycles. The highest BCUT2D eigenvalue weighted by Crippen LogP contribution is 2.23. The van der Waals surface area contributed by atoms with Gasteiger partial charge in [0.05, 0.1) is 11.6 Å². The molecule has 1 heteroatoms. The third-order valence-electron chi connectivity index (χ3n) is 2.56. The van der Waals surface area contributed by atoms with Gasteiger partial charge >= 0.3 is 0 Å². The topological polar surface area (TPSA) is 23.8 Å². The molecule has 0 spiro atoms. The van der Waals surface area contributed by atoms with E-state index in [0.717, 1.165) is 22.6 Å². The van der Waals surface area contributed by atoms with Crippen LogP contribution in [0.1, 0.15) is 43.4 Å². The van der Waals surface area contributed by atoms with Gasteiger partial charge < -0.3 is 0 Å². The molecule has 0 N–H and O–H groups in total. The van der Waals surface area contributed by atoms with Crippen LogP contribution in [0, 0.1) is 17.2 Å². The second-order valence-electron chi connectivity index (χ2n) is 3.96. The van der Waals surface area contributed by atoms with E-state index >= 15 is 0 Å². The molecule has 15 heavy (non-hydrogen) atoms. The molecule has 1 nitrogen and oxygen atoms in total. The monoisotopic (exact) mass is 198 g/mol. The summed E-state index contributed by atoms with van der Waals surface area (Å²) in [6.07, 6.45) is 1.81. The number of nitriles is 1. The molecule has 77 valence electrons. The molecule has 0 heterocycles. The molecule has 0 aliphatic heterocycles. The van der Waals surface area contributed by atoms with Crippen molar-refractivity contribution >= 4 is 0 Å². The van der Waals surface area contributed by atoms with Crippen LogP contribution in [0.15, 0.2) is 30.9 Å². The van der Waals surface area contributed by atoms with Gasteiger partial charge in [0.1, 0.15) is 0 Å². The number of hydrogen-bond acceptors (Lipinski definition) is 1. The van der Waals surface area contributed by atoms with Crippen molar-refractivity contribution in [2.75, 3.05) is 0 Å². The summed E-state index contributed by atoms with van der Waals surface area (Å²) in [5, 5.41) is 9.06. The third-order valence-corrected chi connectivity index (χ3v) is 2.56. The Morgan fingerprint density at radius 3 is 2.60 bits per heavy atom. The molecule has 0 saturated heterocycles. The Morgan fingerprint density at radius 2 is 2.13 bits per heavy atom. The Balaban J connectivity index is 3.20. The summed E-state index contributed by atoms with van der Waals surface area (Å²) in [5.74, 6) is 1.49. The Labute approximate surface area is 92.1 Å². The maximum absolute atomic E-state index is 9.06. The summed E-state index contributed by atoms with van der Waals surface area (Å²) in [4.78, 5) is 0. The SMILES string of the molecule is C=C[C](C)c1ccc(C(C)C)c(C#N)c1. The van der Waals surface area contributed by atoms with Crippen molar-refractivity contribution in [2.45, 2.75) is 26.7 Å². The second-order valence-corrected chi connectivity index (χ2v) is 3.96. The van der Waals surface area contributed by atoms with Gasteiger partial charge in [0, 0.05) is 5.92 Å². The van der Waals surface area contributed by atoms with E-state index in [4.69, 9.17) is 5.26 Å². The molecule has 1 aromatic carbocycles. The van der Waals surface area contributed by atoms with E-state index in [9.17, 15) is 0 Å². The molecule has 0 saturated carbocycles. The Bertz CT molecular complexity index is 396. The predicted molar refractivity (Wildman–Crippen MR) is 63.5 cm³/mol. The molecule has 0 atom stereocenters. The van der Waals surface area contributed by atoms with Crippen LogP contribution in [0.25, 0.3) is 0 Å². The summed E-state index contributed by atoms with van der Waals surface area (Å²) < 4.78 is 0. The highest BCUT2D eigenvalue weighted by atomic mass is 14.3. The highest BCUT2D eigenvalue weighted by molar-refractivity contribution is 5.47. The van der Waals surface area contributed by atoms with Crippen molar-refractivity contribution in [1.82, 2.24) is 0 Å². The van der Waals surface area contributed by atoms with Crippen LogP contribution < -0.4 is 0 Å². The maximum atomic E-state index is 9.06. The first-order valence-corrected chi connectivity index (χ1v) is 5.10. The average molecular weight is 198 g/mol. The van der Waals surface area contributed by atoms with Crippen molar-refractivity contribution in [3.63, 3.8) is 0 Å². The lowest BCUT2D eigenvalue weighted by molar-refractivity contribution is 0.861. The number of nitrogens with zero attached hydrogens (tertiary/aromatic N) is 1. The molecule has 0 bridgehead atoms. The molecule has 1 radical (unpaired) electrons. The van der Waals surface area contributed by atoms with Gasteiger partial charge in [-0.1, -0.05) is 39.0 Å². The van der Waals surface area contributed by atoms with Crippen LogP contribution in [-0.2, 0) is 0 Å². The first kappa shape index (κ1) is 11.5. The fourth-order valence-electron chi connectivity index (χ4n) is 1.52. The molecule has 0 unspecified atom stereocenters. The van der Waals surface area contributed by atoms with Crippen molar-refractivity contribution in [3.8, 4) is 6.07 Å². The summed E-state index contributed by atoms with van der Waals surface area (Å²) in [6, 6.07) is 8.27. The van der Waals surface area contributed by atoms with Crippen LogP contribution in [0.2, 0.25) is 0 Å². The van der Waals surface area contributed by atoms with Crippen molar-refractivity contribution in [1.29, 1.82) is 5.26 Å². The van der Waals surface area contributed by atoms with Crippen LogP contribution in [0.5, 0.6) is 0 Å². The molecule has 0 aliphatic carbocycles. The first-order chi connectivity index (χ1) is 7.10. The Kier molecular flexibility index (Phi) is 3.68. The average Bonchev–Trinajstić information content (AvgIpc) is 2.26. The number of allylic oxidation sites excluding steroid dienone is 1. The zero-order chi connectivity index (χ0) is 11.4. The van der Waals surface area contributed by atoms with E-state index in [1.165, 1.54) is 0 Å². The summed E-state index contributed by atoms with van der Waals surface area (Å²) in [5.41, 5.74) is 2.95. The highest BCUT2D eigenvalue weighted by Gasteiger charge is 2.09. The lowest BCUT2D eigenvalue weighted by atomic mass is 9.92. The van der Waals surface area contributed by atoms with Gasteiger partial charge in [-0.05, 0) is 23.1 Å². The fourth-order valence-corrected chi connectivity index (χ4v) is 1.52. The Morgan fingerprint density at radius 1 is 1.47 bits per heavy atom. The lowest BCUT2D eigenvalue weighted by Crippen LogP contribution is -1.97. The number of rotatable bonds is 3. The number of benzene rings is 1. The van der Waals surface area contributed by atoms with Crippen molar-refractivity contribution < 1.29 is 0 Å². The van der Waals surface area contributed by atoms with Crippen LogP contribution in [-0.4, -0.2) is 0 Å². The van der Waals surface area contributed by atoms with E-state index < -0.39 is 0 Å². The van der Waals surface area contributed by atoms with Gasteiger partial charge in [-0.2, -0.15) is 5.26 Å². The predicted octanol–water partition coefficient (Wildman–Crippen LogP) is 3.81. The molecular weight excluding hydrogens is 182 g/mol. The van der Waals surface area contributed by atoms with Gasteiger partial charge in [-0.25, -0.2) is 0 Å². The summed E-state index contributed by atoms with van der Waals surface area (Å²) >= 11 is 0. The van der Waals surface area contributed by atoms with Crippen molar-refractivity contribution in [2.24, 2.45) is 0 Å². The number of hydrogen-bond donors (Lipinski definition) is 0. The van der Waals surface area contributed by atoms with Gasteiger partial charge in [0.15, 0.2) is 0 Å². The molecule has 0 amide bonds. The lowest BCUT2D eigenvalue weighted by Gasteiger charge is -2.11. The normalized spacial score (nSPS) is 10.4. The standard InChI is InChI=1S/C14H16N/c1-5-11(4)12-6-7-14(10(2)3)13(8-12)9-15/h5-8,10H,1H2,2-4H3. The van der Waals surface area contributed by atoms with E-state index in [2.05, 4.69) is 26.5 Å². The summed E-state index contributed by atoms with van der Waals surface area (Å²) in [7, 11) is 0. The van der Waals surface area contributed by atoms with E-state index in [0.29, 0.717) is 5.92 Å². The quantitative estimate of drug-likeness (QED) is 0.724. The largest absolute Gasteiger partial charge is 0.192 e. The minimum absolute atomic E-state index is 0.387. The molecule has 1 aromatic rings. The summed E-state index contributed by atoms with van der Waals surface area (Å²) in [6.45, 7) is 9.92. The second kappa shape index (κ2) is 4.79. The smallest absolute Gasteiger partial charge is 0.0994 e. The molecule has 0 fully saturated rings. The minimum Gasteiger partial charge on any atom is -0.192 e. The fraction of sp³-hybridized carbons (Fsp3) is 0.286. The van der Waals surface area contributed by atoms with Gasteiger partial charge in [0.2, 0.25) is 0 Å². The minimum atomic E-state index is 0.387. The molecule has 1 rings (SSSR count). The molecule has 0 aliphatic rings. The van der Waals surface area contributed by atoms with Gasteiger partial charge in [-0.15, -0.1) is 6.58 Å². The maximum Gasteiger partial charge on any atom is 0.0994 e. The zero-order valence-electron chi connectivity index (χ0n) is 9.54. The molecular formula is C14H16N. The third kappa shape index (κ3) is 2.47. The van der Waals surface area contributed by atoms with E-state index in [1.807, 2.05) is 31.2 Å². The van der Waals surface area contributed by atoms with Crippen LogP contribution in [0.4, 0.5) is 0 Å². The van der Waals surface area contributed by atoms with Crippen molar-refractivity contribution in [3.05, 3.63) is 53.5 Å². The van der Waals surface area contributed by atoms with Crippen LogP contribution in [0.3, 0.4) is 0 Å².